The van der Waals surface area contributed by atoms with E-state index in [9.17, 15) is 4.79 Å². The first-order valence-corrected chi connectivity index (χ1v) is 4.58. The average Bonchev–Trinajstić information content (AvgIpc) is 2.15. The molecule has 1 aromatic carbocycles. The van der Waals surface area contributed by atoms with E-state index in [4.69, 9.17) is 26.2 Å². The van der Waals surface area contributed by atoms with Crippen LogP contribution in [0.15, 0.2) is 12.1 Å². The van der Waals surface area contributed by atoms with Gasteiger partial charge in [-0.3, -0.25) is 4.79 Å². The van der Waals surface area contributed by atoms with Gasteiger partial charge in [0.1, 0.15) is 0 Å². The van der Waals surface area contributed by atoms with Crippen molar-refractivity contribution in [1.82, 2.24) is 0 Å². The first-order chi connectivity index (χ1) is 7.08. The van der Waals surface area contributed by atoms with Crippen LogP contribution in [0, 0.1) is 0 Å². The van der Waals surface area contributed by atoms with E-state index in [-0.39, 0.29) is 6.42 Å². The zero-order valence-corrected chi connectivity index (χ0v) is 9.17. The number of halogens is 1. The molecule has 0 saturated heterocycles. The SMILES string of the molecule is COc1cc(CC(=O)O)cc(Cl)c1OC. The molecule has 1 N–H and O–H groups in total. The fourth-order valence-corrected chi connectivity index (χ4v) is 1.56. The highest BCUT2D eigenvalue weighted by atomic mass is 35.5. The fourth-order valence-electron chi connectivity index (χ4n) is 1.25. The van der Waals surface area contributed by atoms with Gasteiger partial charge in [0, 0.05) is 0 Å². The Morgan fingerprint density at radius 3 is 2.53 bits per heavy atom. The number of carbonyl (C=O) groups is 1. The summed E-state index contributed by atoms with van der Waals surface area (Å²) in [6.45, 7) is 0. The molecule has 1 rings (SSSR count). The molecule has 0 spiro atoms. The van der Waals surface area contributed by atoms with E-state index in [0.717, 1.165) is 0 Å². The molecule has 4 nitrogen and oxygen atoms in total. The van der Waals surface area contributed by atoms with Crippen LogP contribution in [-0.4, -0.2) is 25.3 Å². The summed E-state index contributed by atoms with van der Waals surface area (Å²) >= 11 is 5.90. The maximum atomic E-state index is 10.5. The van der Waals surface area contributed by atoms with Gasteiger partial charge in [0.2, 0.25) is 0 Å². The van der Waals surface area contributed by atoms with E-state index in [2.05, 4.69) is 0 Å². The molecule has 0 heterocycles. The maximum Gasteiger partial charge on any atom is 0.307 e. The standard InChI is InChI=1S/C10H11ClO4/c1-14-8-4-6(5-9(12)13)3-7(11)10(8)15-2/h3-4H,5H2,1-2H3,(H,12,13). The molecule has 0 saturated carbocycles. The number of hydrogen-bond donors (Lipinski definition) is 1. The number of carboxylic acid groups (broad SMARTS) is 1. The van der Waals surface area contributed by atoms with Crippen LogP contribution < -0.4 is 9.47 Å². The van der Waals surface area contributed by atoms with Gasteiger partial charge in [-0.15, -0.1) is 0 Å². The Bertz CT molecular complexity index is 376. The van der Waals surface area contributed by atoms with Gasteiger partial charge in [0.15, 0.2) is 11.5 Å². The third kappa shape index (κ3) is 2.76. The molecule has 82 valence electrons. The van der Waals surface area contributed by atoms with E-state index in [1.54, 1.807) is 12.1 Å². The number of benzene rings is 1. The Balaban J connectivity index is 3.13. The van der Waals surface area contributed by atoms with Crippen LogP contribution in [0.5, 0.6) is 11.5 Å². The molecule has 0 unspecified atom stereocenters. The normalized spacial score (nSPS) is 9.80. The summed E-state index contributed by atoms with van der Waals surface area (Å²) in [5, 5.41) is 8.97. The summed E-state index contributed by atoms with van der Waals surface area (Å²) in [6.07, 6.45) is -0.0971. The van der Waals surface area contributed by atoms with Crippen molar-refractivity contribution in [3.63, 3.8) is 0 Å². The summed E-state index contributed by atoms with van der Waals surface area (Å²) in [5.41, 5.74) is 0.574. The molecule has 0 aliphatic heterocycles. The van der Waals surface area contributed by atoms with Gasteiger partial charge in [-0.2, -0.15) is 0 Å². The minimum Gasteiger partial charge on any atom is -0.493 e. The van der Waals surface area contributed by atoms with Crippen LogP contribution in [0.25, 0.3) is 0 Å². The van der Waals surface area contributed by atoms with Crippen LogP contribution in [0.2, 0.25) is 5.02 Å². The smallest absolute Gasteiger partial charge is 0.307 e. The van der Waals surface area contributed by atoms with Crippen molar-refractivity contribution in [2.45, 2.75) is 6.42 Å². The van der Waals surface area contributed by atoms with E-state index >= 15 is 0 Å². The minimum atomic E-state index is -0.918. The molecule has 5 heteroatoms. The molecule has 0 aliphatic rings. The Hall–Kier alpha value is -1.42. The highest BCUT2D eigenvalue weighted by molar-refractivity contribution is 6.32. The Labute approximate surface area is 92.4 Å². The van der Waals surface area contributed by atoms with Crippen molar-refractivity contribution < 1.29 is 19.4 Å². The molecule has 0 amide bonds. The Morgan fingerprint density at radius 2 is 2.07 bits per heavy atom. The lowest BCUT2D eigenvalue weighted by Gasteiger charge is -2.10. The molecule has 0 aromatic heterocycles. The molecule has 15 heavy (non-hydrogen) atoms. The van der Waals surface area contributed by atoms with Crippen molar-refractivity contribution in [1.29, 1.82) is 0 Å². The second-order valence-corrected chi connectivity index (χ2v) is 3.29. The fraction of sp³-hybridized carbons (Fsp3) is 0.300. The van der Waals surface area contributed by atoms with Gasteiger partial charge >= 0.3 is 5.97 Å². The number of carboxylic acids is 1. The van der Waals surface area contributed by atoms with Gasteiger partial charge < -0.3 is 14.6 Å². The molecule has 0 atom stereocenters. The molecular weight excluding hydrogens is 220 g/mol. The second kappa shape index (κ2) is 4.89. The van der Waals surface area contributed by atoms with Gasteiger partial charge in [-0.05, 0) is 17.7 Å². The zero-order chi connectivity index (χ0) is 11.4. The highest BCUT2D eigenvalue weighted by Crippen LogP contribution is 2.36. The van der Waals surface area contributed by atoms with Crippen LogP contribution in [0.1, 0.15) is 5.56 Å². The average molecular weight is 231 g/mol. The number of methoxy groups -OCH3 is 2. The molecule has 0 radical (unpaired) electrons. The van der Waals surface area contributed by atoms with Gasteiger partial charge in [-0.25, -0.2) is 0 Å². The first kappa shape index (κ1) is 11.7. The first-order valence-electron chi connectivity index (χ1n) is 4.20. The summed E-state index contributed by atoms with van der Waals surface area (Å²) in [4.78, 5) is 10.5. The molecule has 0 fully saturated rings. The van der Waals surface area contributed by atoms with Crippen LogP contribution in [-0.2, 0) is 11.2 Å². The van der Waals surface area contributed by atoms with Gasteiger partial charge in [0.05, 0.1) is 25.7 Å². The lowest BCUT2D eigenvalue weighted by atomic mass is 10.1. The summed E-state index contributed by atoms with van der Waals surface area (Å²) in [5.74, 6) is -0.0761. The summed E-state index contributed by atoms with van der Waals surface area (Å²) in [7, 11) is 2.94. The van der Waals surface area contributed by atoms with Crippen LogP contribution >= 0.6 is 11.6 Å². The maximum absolute atomic E-state index is 10.5. The molecule has 0 bridgehead atoms. The highest BCUT2D eigenvalue weighted by Gasteiger charge is 2.12. The molecular formula is C10H11ClO4. The minimum absolute atomic E-state index is 0.0971. The van der Waals surface area contributed by atoms with E-state index in [1.165, 1.54) is 14.2 Å². The predicted octanol–water partition coefficient (Wildman–Crippen LogP) is 1.98. The number of rotatable bonds is 4. The van der Waals surface area contributed by atoms with Gasteiger partial charge in [-0.1, -0.05) is 11.6 Å². The zero-order valence-electron chi connectivity index (χ0n) is 8.41. The van der Waals surface area contributed by atoms with Crippen molar-refractivity contribution in [2.24, 2.45) is 0 Å². The number of aliphatic carboxylic acids is 1. The van der Waals surface area contributed by atoms with Crippen LogP contribution in [0.4, 0.5) is 0 Å². The third-order valence-corrected chi connectivity index (χ3v) is 2.13. The topological polar surface area (TPSA) is 55.8 Å². The van der Waals surface area contributed by atoms with E-state index < -0.39 is 5.97 Å². The molecule has 1 aromatic rings. The monoisotopic (exact) mass is 230 g/mol. The summed E-state index contributed by atoms with van der Waals surface area (Å²) in [6, 6.07) is 3.15. The van der Waals surface area contributed by atoms with Crippen molar-refractivity contribution >= 4 is 17.6 Å². The van der Waals surface area contributed by atoms with E-state index in [1.807, 2.05) is 0 Å². The number of ether oxygens (including phenoxy) is 2. The molecule has 0 aliphatic carbocycles. The van der Waals surface area contributed by atoms with Crippen LogP contribution in [0.3, 0.4) is 0 Å². The summed E-state index contributed by atoms with van der Waals surface area (Å²) < 4.78 is 10.1. The largest absolute Gasteiger partial charge is 0.493 e. The van der Waals surface area contributed by atoms with Gasteiger partial charge in [0.25, 0.3) is 0 Å². The Kier molecular flexibility index (Phi) is 3.80. The predicted molar refractivity (Wildman–Crippen MR) is 55.9 cm³/mol. The van der Waals surface area contributed by atoms with E-state index in [0.29, 0.717) is 22.1 Å². The van der Waals surface area contributed by atoms with Crippen molar-refractivity contribution in [2.75, 3.05) is 14.2 Å². The lowest BCUT2D eigenvalue weighted by Crippen LogP contribution is -2.01. The third-order valence-electron chi connectivity index (χ3n) is 1.85. The number of hydrogen-bond acceptors (Lipinski definition) is 3. The lowest BCUT2D eigenvalue weighted by molar-refractivity contribution is -0.136. The second-order valence-electron chi connectivity index (χ2n) is 2.88. The Morgan fingerprint density at radius 1 is 1.40 bits per heavy atom. The van der Waals surface area contributed by atoms with Crippen molar-refractivity contribution in [3.05, 3.63) is 22.7 Å². The van der Waals surface area contributed by atoms with Crippen molar-refractivity contribution in [3.8, 4) is 11.5 Å². The quantitative estimate of drug-likeness (QED) is 0.860.